The smallest absolute Gasteiger partial charge is 0.0422 e. The number of fused-ring (bicyclic) bond motifs is 3. The fourth-order valence-electron chi connectivity index (χ4n) is 5.90. The number of rotatable bonds is 4. The van der Waals surface area contributed by atoms with Crippen LogP contribution in [0.15, 0.2) is 115 Å². The van der Waals surface area contributed by atoms with Crippen molar-refractivity contribution in [3.63, 3.8) is 0 Å². The molecule has 0 bridgehead atoms. The van der Waals surface area contributed by atoms with E-state index in [0.29, 0.717) is 0 Å². The number of anilines is 2. The summed E-state index contributed by atoms with van der Waals surface area (Å²) in [6.07, 6.45) is 0. The van der Waals surface area contributed by atoms with Gasteiger partial charge in [-0.25, -0.2) is 0 Å². The van der Waals surface area contributed by atoms with Crippen LogP contribution in [0.5, 0.6) is 0 Å². The largest absolute Gasteiger partial charge is 0.355 e. The molecule has 1 aliphatic carbocycles. The van der Waals surface area contributed by atoms with Crippen LogP contribution in [0.3, 0.4) is 0 Å². The van der Waals surface area contributed by atoms with E-state index in [4.69, 9.17) is 0 Å². The molecule has 1 heteroatoms. The van der Waals surface area contributed by atoms with Gasteiger partial charge in [0.25, 0.3) is 0 Å². The predicted molar refractivity (Wildman–Crippen MR) is 163 cm³/mol. The van der Waals surface area contributed by atoms with E-state index < -0.39 is 0 Å². The summed E-state index contributed by atoms with van der Waals surface area (Å²) in [6, 6.07) is 42.0. The van der Waals surface area contributed by atoms with Gasteiger partial charge < -0.3 is 5.32 Å². The monoisotopic (exact) mass is 493 g/mol. The van der Waals surface area contributed by atoms with Crippen LogP contribution in [-0.4, -0.2) is 0 Å². The maximum atomic E-state index is 3.79. The predicted octanol–water partition coefficient (Wildman–Crippen LogP) is 10.4. The van der Waals surface area contributed by atoms with E-state index in [1.54, 1.807) is 0 Å². The zero-order valence-corrected chi connectivity index (χ0v) is 23.0. The second-order valence-electron chi connectivity index (χ2n) is 12.0. The van der Waals surface area contributed by atoms with Crippen molar-refractivity contribution in [1.82, 2.24) is 0 Å². The Morgan fingerprint density at radius 2 is 1.16 bits per heavy atom. The van der Waals surface area contributed by atoms with E-state index in [1.165, 1.54) is 50.1 Å². The molecule has 0 atom stereocenters. The first kappa shape index (κ1) is 24.2. The van der Waals surface area contributed by atoms with E-state index in [2.05, 4.69) is 155 Å². The van der Waals surface area contributed by atoms with Crippen LogP contribution in [0.4, 0.5) is 11.4 Å². The molecular formula is C37H35N. The molecule has 1 N–H and O–H groups in total. The van der Waals surface area contributed by atoms with Gasteiger partial charge in [-0.15, -0.1) is 0 Å². The summed E-state index contributed by atoms with van der Waals surface area (Å²) in [5, 5.41) is 3.79. The van der Waals surface area contributed by atoms with Gasteiger partial charge in [-0.2, -0.15) is 0 Å². The molecule has 0 aromatic heterocycles. The summed E-state index contributed by atoms with van der Waals surface area (Å²) >= 11 is 0. The molecule has 1 nitrogen and oxygen atoms in total. The van der Waals surface area contributed by atoms with Crippen molar-refractivity contribution in [2.75, 3.05) is 5.32 Å². The SMILES string of the molecule is CC(C)(C)c1cc(-c2cccc(-c3ccccc3)c2)ccc1Nc1ccc2c(c1)C(C)(C)c1ccccc1-2. The standard InChI is InChI=1S/C37H35N/c1-36(2,3)34-23-28(27-15-11-14-26(22-27)25-12-7-6-8-13-25)18-21-35(34)38-29-19-20-31-30-16-9-10-17-32(30)37(4,5)33(31)24-29/h6-24,38H,1-5H3. The van der Waals surface area contributed by atoms with E-state index in [-0.39, 0.29) is 10.8 Å². The van der Waals surface area contributed by atoms with Crippen molar-refractivity contribution >= 4 is 11.4 Å². The van der Waals surface area contributed by atoms with Crippen LogP contribution in [0, 0.1) is 0 Å². The fourth-order valence-corrected chi connectivity index (χ4v) is 5.90. The molecule has 0 amide bonds. The number of nitrogens with one attached hydrogen (secondary N) is 1. The minimum absolute atomic E-state index is 0.00982. The van der Waals surface area contributed by atoms with Crippen LogP contribution in [0.25, 0.3) is 33.4 Å². The van der Waals surface area contributed by atoms with Gasteiger partial charge in [-0.3, -0.25) is 0 Å². The summed E-state index contributed by atoms with van der Waals surface area (Å²) in [4.78, 5) is 0. The zero-order chi connectivity index (χ0) is 26.5. The Labute approximate surface area is 227 Å². The van der Waals surface area contributed by atoms with Gasteiger partial charge in [-0.1, -0.05) is 120 Å². The quantitative estimate of drug-likeness (QED) is 0.262. The third-order valence-electron chi connectivity index (χ3n) is 7.99. The molecule has 188 valence electrons. The molecule has 0 fully saturated rings. The molecule has 0 heterocycles. The van der Waals surface area contributed by atoms with Gasteiger partial charge in [0.1, 0.15) is 0 Å². The lowest BCUT2D eigenvalue weighted by Gasteiger charge is -2.26. The van der Waals surface area contributed by atoms with Crippen LogP contribution >= 0.6 is 0 Å². The Bertz CT molecular complexity index is 1630. The zero-order valence-electron chi connectivity index (χ0n) is 23.0. The molecule has 0 saturated carbocycles. The number of benzene rings is 5. The van der Waals surface area contributed by atoms with Crippen molar-refractivity contribution in [3.8, 4) is 33.4 Å². The molecule has 5 aromatic rings. The van der Waals surface area contributed by atoms with Crippen molar-refractivity contribution in [2.24, 2.45) is 0 Å². The van der Waals surface area contributed by atoms with Gasteiger partial charge in [0, 0.05) is 16.8 Å². The Morgan fingerprint density at radius 3 is 1.92 bits per heavy atom. The van der Waals surface area contributed by atoms with Gasteiger partial charge in [0.05, 0.1) is 0 Å². The summed E-state index contributed by atoms with van der Waals surface area (Å²) in [6.45, 7) is 11.5. The number of hydrogen-bond donors (Lipinski definition) is 1. The lowest BCUT2D eigenvalue weighted by atomic mass is 9.82. The van der Waals surface area contributed by atoms with Crippen LogP contribution < -0.4 is 5.32 Å². The highest BCUT2D eigenvalue weighted by atomic mass is 14.9. The minimum atomic E-state index is -0.0123. The third kappa shape index (κ3) is 4.23. The second kappa shape index (κ2) is 9.03. The van der Waals surface area contributed by atoms with Gasteiger partial charge in [0.15, 0.2) is 0 Å². The van der Waals surface area contributed by atoms with Crippen LogP contribution in [0.2, 0.25) is 0 Å². The molecule has 0 radical (unpaired) electrons. The van der Waals surface area contributed by atoms with Gasteiger partial charge in [-0.05, 0) is 85.8 Å². The molecule has 0 spiro atoms. The molecule has 5 aromatic carbocycles. The van der Waals surface area contributed by atoms with Crippen LogP contribution in [0.1, 0.15) is 51.3 Å². The second-order valence-corrected chi connectivity index (χ2v) is 12.0. The lowest BCUT2D eigenvalue weighted by molar-refractivity contribution is 0.592. The first-order valence-corrected chi connectivity index (χ1v) is 13.5. The van der Waals surface area contributed by atoms with Crippen molar-refractivity contribution < 1.29 is 0 Å². The van der Waals surface area contributed by atoms with Crippen LogP contribution in [-0.2, 0) is 10.8 Å². The molecule has 0 unspecified atom stereocenters. The molecule has 0 aliphatic heterocycles. The molecular weight excluding hydrogens is 458 g/mol. The van der Waals surface area contributed by atoms with Crippen molar-refractivity contribution in [2.45, 2.75) is 45.4 Å². The van der Waals surface area contributed by atoms with Crippen molar-refractivity contribution in [3.05, 3.63) is 132 Å². The Kier molecular flexibility index (Phi) is 5.76. The Hall–Kier alpha value is -4.10. The van der Waals surface area contributed by atoms with E-state index in [1.807, 2.05) is 0 Å². The summed E-state index contributed by atoms with van der Waals surface area (Å²) < 4.78 is 0. The summed E-state index contributed by atoms with van der Waals surface area (Å²) in [5.41, 5.74) is 14.0. The number of hydrogen-bond acceptors (Lipinski definition) is 1. The highest BCUT2D eigenvalue weighted by Gasteiger charge is 2.35. The normalized spacial score (nSPS) is 13.6. The highest BCUT2D eigenvalue weighted by molar-refractivity contribution is 5.83. The first-order valence-electron chi connectivity index (χ1n) is 13.5. The third-order valence-corrected chi connectivity index (χ3v) is 7.99. The lowest BCUT2D eigenvalue weighted by Crippen LogP contribution is -2.16. The Morgan fingerprint density at radius 1 is 0.526 bits per heavy atom. The van der Waals surface area contributed by atoms with Gasteiger partial charge in [0.2, 0.25) is 0 Å². The van der Waals surface area contributed by atoms with E-state index in [9.17, 15) is 0 Å². The van der Waals surface area contributed by atoms with E-state index >= 15 is 0 Å². The molecule has 1 aliphatic rings. The average Bonchev–Trinajstić information content (AvgIpc) is 3.15. The average molecular weight is 494 g/mol. The fraction of sp³-hybridized carbons (Fsp3) is 0.189. The Balaban J connectivity index is 1.37. The summed E-state index contributed by atoms with van der Waals surface area (Å²) in [5.74, 6) is 0. The molecule has 0 saturated heterocycles. The maximum Gasteiger partial charge on any atom is 0.0422 e. The van der Waals surface area contributed by atoms with E-state index in [0.717, 1.165) is 11.4 Å². The summed E-state index contributed by atoms with van der Waals surface area (Å²) in [7, 11) is 0. The van der Waals surface area contributed by atoms with Crippen molar-refractivity contribution in [1.29, 1.82) is 0 Å². The molecule has 6 rings (SSSR count). The molecule has 38 heavy (non-hydrogen) atoms. The topological polar surface area (TPSA) is 12.0 Å². The highest BCUT2D eigenvalue weighted by Crippen LogP contribution is 2.49. The minimum Gasteiger partial charge on any atom is -0.355 e. The first-order chi connectivity index (χ1) is 18.2. The maximum absolute atomic E-state index is 3.79. The van der Waals surface area contributed by atoms with Gasteiger partial charge >= 0.3 is 0 Å².